The normalized spacial score (nSPS) is 16.3. The number of nitrogens with zero attached hydrogens (tertiary/aromatic N) is 2. The van der Waals surface area contributed by atoms with Gasteiger partial charge in [0.2, 0.25) is 0 Å². The highest BCUT2D eigenvalue weighted by molar-refractivity contribution is 5.47. The van der Waals surface area contributed by atoms with Gasteiger partial charge in [-0.05, 0) is 37.3 Å². The molecule has 14 heavy (non-hydrogen) atoms. The van der Waals surface area contributed by atoms with Crippen LogP contribution in [-0.4, -0.2) is 18.1 Å². The summed E-state index contributed by atoms with van der Waals surface area (Å²) in [4.78, 5) is 6.95. The number of aryl methyl sites for hydroxylation is 2. The molecule has 1 aliphatic rings. The van der Waals surface area contributed by atoms with E-state index in [1.54, 1.807) is 0 Å². The van der Waals surface area contributed by atoms with Crippen molar-refractivity contribution in [1.29, 1.82) is 0 Å². The van der Waals surface area contributed by atoms with E-state index < -0.39 is 0 Å². The van der Waals surface area contributed by atoms with Gasteiger partial charge in [-0.25, -0.2) is 4.98 Å². The minimum atomic E-state index is 1.08. The Bertz CT molecular complexity index is 314. The summed E-state index contributed by atoms with van der Waals surface area (Å²) in [6, 6.07) is 2.26. The van der Waals surface area contributed by atoms with Crippen LogP contribution in [0.5, 0.6) is 0 Å². The van der Waals surface area contributed by atoms with Crippen LogP contribution in [0.4, 0.5) is 5.82 Å². The molecule has 0 bridgehead atoms. The average molecular weight is 190 g/mol. The van der Waals surface area contributed by atoms with Crippen molar-refractivity contribution in [3.63, 3.8) is 0 Å². The number of aromatic nitrogens is 1. The summed E-state index contributed by atoms with van der Waals surface area (Å²) in [7, 11) is 0. The zero-order valence-electron chi connectivity index (χ0n) is 9.08. The van der Waals surface area contributed by atoms with Crippen LogP contribution in [-0.2, 0) is 6.42 Å². The summed E-state index contributed by atoms with van der Waals surface area (Å²) in [6.07, 6.45) is 5.72. The second kappa shape index (κ2) is 3.99. The van der Waals surface area contributed by atoms with Crippen LogP contribution in [0.15, 0.2) is 12.3 Å². The van der Waals surface area contributed by atoms with E-state index in [-0.39, 0.29) is 0 Å². The first-order valence-corrected chi connectivity index (χ1v) is 5.51. The number of pyridine rings is 1. The standard InChI is InChI=1S/C12H18N2/c1-3-11-8-10(2)12(13-9-11)14-6-4-5-7-14/h8-9H,3-7H2,1-2H3. The average Bonchev–Trinajstić information content (AvgIpc) is 2.70. The van der Waals surface area contributed by atoms with Gasteiger partial charge in [-0.15, -0.1) is 0 Å². The predicted octanol–water partition coefficient (Wildman–Crippen LogP) is 2.55. The lowest BCUT2D eigenvalue weighted by Crippen LogP contribution is -2.20. The monoisotopic (exact) mass is 190 g/mol. The Morgan fingerprint density at radius 2 is 2.07 bits per heavy atom. The van der Waals surface area contributed by atoms with E-state index in [0.29, 0.717) is 0 Å². The fourth-order valence-corrected chi connectivity index (χ4v) is 2.08. The van der Waals surface area contributed by atoms with Crippen molar-refractivity contribution in [2.45, 2.75) is 33.1 Å². The van der Waals surface area contributed by atoms with Gasteiger partial charge in [-0.2, -0.15) is 0 Å². The molecule has 2 heterocycles. The van der Waals surface area contributed by atoms with E-state index in [2.05, 4.69) is 29.8 Å². The molecule has 76 valence electrons. The molecule has 1 aliphatic heterocycles. The quantitative estimate of drug-likeness (QED) is 0.712. The first-order valence-electron chi connectivity index (χ1n) is 5.51. The third-order valence-electron chi connectivity index (χ3n) is 2.92. The molecule has 1 saturated heterocycles. The molecule has 0 aliphatic carbocycles. The Kier molecular flexibility index (Phi) is 2.71. The van der Waals surface area contributed by atoms with E-state index in [1.807, 2.05) is 6.20 Å². The summed E-state index contributed by atoms with van der Waals surface area (Å²) in [5, 5.41) is 0. The number of hydrogen-bond donors (Lipinski definition) is 0. The van der Waals surface area contributed by atoms with Crippen LogP contribution in [0.3, 0.4) is 0 Å². The fraction of sp³-hybridized carbons (Fsp3) is 0.583. The maximum absolute atomic E-state index is 4.56. The second-order valence-electron chi connectivity index (χ2n) is 4.03. The topological polar surface area (TPSA) is 16.1 Å². The number of hydrogen-bond acceptors (Lipinski definition) is 2. The van der Waals surface area contributed by atoms with Gasteiger partial charge in [0.1, 0.15) is 5.82 Å². The number of anilines is 1. The molecular weight excluding hydrogens is 172 g/mol. The SMILES string of the molecule is CCc1cnc(N2CCCC2)c(C)c1. The first kappa shape index (κ1) is 9.50. The summed E-state index contributed by atoms with van der Waals surface area (Å²) in [6.45, 7) is 6.70. The molecule has 0 saturated carbocycles. The molecule has 0 radical (unpaired) electrons. The van der Waals surface area contributed by atoms with Crippen LogP contribution in [0.1, 0.15) is 30.9 Å². The first-order chi connectivity index (χ1) is 6.81. The van der Waals surface area contributed by atoms with Crippen molar-refractivity contribution in [2.24, 2.45) is 0 Å². The molecule has 0 N–H and O–H groups in total. The van der Waals surface area contributed by atoms with Crippen molar-refractivity contribution in [3.8, 4) is 0 Å². The molecule has 1 fully saturated rings. The molecule has 0 aromatic carbocycles. The second-order valence-corrected chi connectivity index (χ2v) is 4.03. The van der Waals surface area contributed by atoms with Crippen LogP contribution in [0.25, 0.3) is 0 Å². The predicted molar refractivity (Wildman–Crippen MR) is 59.8 cm³/mol. The smallest absolute Gasteiger partial charge is 0.131 e. The summed E-state index contributed by atoms with van der Waals surface area (Å²) >= 11 is 0. The minimum Gasteiger partial charge on any atom is -0.356 e. The molecule has 0 amide bonds. The number of rotatable bonds is 2. The van der Waals surface area contributed by atoms with Crippen molar-refractivity contribution >= 4 is 5.82 Å². The summed E-state index contributed by atoms with van der Waals surface area (Å²) in [5.74, 6) is 1.19. The Balaban J connectivity index is 2.25. The molecule has 0 spiro atoms. The zero-order chi connectivity index (χ0) is 9.97. The van der Waals surface area contributed by atoms with Crippen LogP contribution in [0.2, 0.25) is 0 Å². The van der Waals surface area contributed by atoms with Crippen molar-refractivity contribution in [1.82, 2.24) is 4.98 Å². The molecule has 0 atom stereocenters. The molecule has 1 aromatic rings. The largest absolute Gasteiger partial charge is 0.356 e. The van der Waals surface area contributed by atoms with Crippen molar-refractivity contribution < 1.29 is 0 Å². The lowest BCUT2D eigenvalue weighted by Gasteiger charge is -2.18. The fourth-order valence-electron chi connectivity index (χ4n) is 2.08. The van der Waals surface area contributed by atoms with Crippen LogP contribution < -0.4 is 4.90 Å². The van der Waals surface area contributed by atoms with Gasteiger partial charge in [-0.3, -0.25) is 0 Å². The molecule has 2 nitrogen and oxygen atoms in total. The van der Waals surface area contributed by atoms with E-state index in [1.165, 1.54) is 42.9 Å². The molecule has 1 aromatic heterocycles. The zero-order valence-corrected chi connectivity index (χ0v) is 9.08. The Morgan fingerprint density at radius 1 is 1.36 bits per heavy atom. The van der Waals surface area contributed by atoms with Gasteiger partial charge in [0.15, 0.2) is 0 Å². The lowest BCUT2D eigenvalue weighted by atomic mass is 10.1. The van der Waals surface area contributed by atoms with Gasteiger partial charge >= 0.3 is 0 Å². The van der Waals surface area contributed by atoms with Gasteiger partial charge in [0.25, 0.3) is 0 Å². The maximum Gasteiger partial charge on any atom is 0.131 e. The van der Waals surface area contributed by atoms with Gasteiger partial charge < -0.3 is 4.90 Å². The van der Waals surface area contributed by atoms with E-state index in [4.69, 9.17) is 0 Å². The summed E-state index contributed by atoms with van der Waals surface area (Å²) < 4.78 is 0. The maximum atomic E-state index is 4.56. The van der Waals surface area contributed by atoms with E-state index in [9.17, 15) is 0 Å². The lowest BCUT2D eigenvalue weighted by molar-refractivity contribution is 0.921. The van der Waals surface area contributed by atoms with Crippen LogP contribution >= 0.6 is 0 Å². The highest BCUT2D eigenvalue weighted by Gasteiger charge is 2.15. The van der Waals surface area contributed by atoms with Gasteiger partial charge in [0, 0.05) is 19.3 Å². The van der Waals surface area contributed by atoms with Gasteiger partial charge in [-0.1, -0.05) is 13.0 Å². The third kappa shape index (κ3) is 1.74. The Labute approximate surface area is 86.0 Å². The minimum absolute atomic E-state index is 1.08. The van der Waals surface area contributed by atoms with E-state index >= 15 is 0 Å². The highest BCUT2D eigenvalue weighted by atomic mass is 15.2. The Morgan fingerprint density at radius 3 is 2.64 bits per heavy atom. The summed E-state index contributed by atoms with van der Waals surface area (Å²) in [5.41, 5.74) is 2.66. The molecule has 0 unspecified atom stereocenters. The van der Waals surface area contributed by atoms with E-state index in [0.717, 1.165) is 6.42 Å². The molecular formula is C12H18N2. The third-order valence-corrected chi connectivity index (χ3v) is 2.92. The van der Waals surface area contributed by atoms with Gasteiger partial charge in [0.05, 0.1) is 0 Å². The Hall–Kier alpha value is -1.05. The van der Waals surface area contributed by atoms with Crippen molar-refractivity contribution in [3.05, 3.63) is 23.4 Å². The highest BCUT2D eigenvalue weighted by Crippen LogP contribution is 2.22. The van der Waals surface area contributed by atoms with Crippen LogP contribution in [0, 0.1) is 6.92 Å². The molecule has 2 rings (SSSR count). The van der Waals surface area contributed by atoms with Crippen molar-refractivity contribution in [2.75, 3.05) is 18.0 Å². The molecule has 2 heteroatoms.